The molecule has 0 aromatic carbocycles. The normalized spacial score (nSPS) is 21.1. The van der Waals surface area contributed by atoms with Gasteiger partial charge in [-0.05, 0) is 60.3 Å². The first kappa shape index (κ1) is 23.7. The van der Waals surface area contributed by atoms with Crippen LogP contribution in [-0.2, 0) is 30.3 Å². The Kier molecular flexibility index (Phi) is 7.61. The van der Waals surface area contributed by atoms with Crippen LogP contribution >= 0.6 is 6.49 Å². The summed E-state index contributed by atoms with van der Waals surface area (Å²) < 4.78 is 51.2. The van der Waals surface area contributed by atoms with Gasteiger partial charge in [0.05, 0.1) is 25.9 Å². The zero-order valence-electron chi connectivity index (χ0n) is 16.5. The smallest absolute Gasteiger partial charge is 0.412 e. The van der Waals surface area contributed by atoms with E-state index in [1.807, 2.05) is 0 Å². The third-order valence-electron chi connectivity index (χ3n) is 3.64. The van der Waals surface area contributed by atoms with Crippen LogP contribution in [0.5, 0.6) is 0 Å². The number of alkyl halides is 2. The SMILES string of the molecule is CCOP(=S)(OCC)C(F)(F)C[C@@H]1COC(C)(C)N1C(=O)OC(C)(C)C. The van der Waals surface area contributed by atoms with E-state index in [2.05, 4.69) is 0 Å². The van der Waals surface area contributed by atoms with Crippen LogP contribution < -0.4 is 0 Å². The van der Waals surface area contributed by atoms with Crippen LogP contribution in [0.1, 0.15) is 54.9 Å². The monoisotopic (exact) mass is 417 g/mol. The highest BCUT2D eigenvalue weighted by atomic mass is 32.5. The average Bonchev–Trinajstić information content (AvgIpc) is 2.71. The molecule has 0 aromatic rings. The minimum absolute atomic E-state index is 0.0231. The molecule has 154 valence electrons. The first-order chi connectivity index (χ1) is 11.7. The summed E-state index contributed by atoms with van der Waals surface area (Å²) in [7, 11) is 0. The van der Waals surface area contributed by atoms with Crippen molar-refractivity contribution in [3.63, 3.8) is 0 Å². The van der Waals surface area contributed by atoms with E-state index in [4.69, 9.17) is 30.3 Å². The molecule has 0 bridgehead atoms. The Bertz CT molecular complexity index is 543. The number of halogens is 2. The lowest BCUT2D eigenvalue weighted by Crippen LogP contribution is -2.51. The van der Waals surface area contributed by atoms with Gasteiger partial charge in [-0.3, -0.25) is 4.90 Å². The van der Waals surface area contributed by atoms with E-state index < -0.39 is 42.0 Å². The van der Waals surface area contributed by atoms with E-state index in [0.29, 0.717) is 0 Å². The molecule has 1 amide bonds. The molecule has 1 fully saturated rings. The Labute approximate surface area is 159 Å². The molecule has 0 unspecified atom stereocenters. The number of carbonyl (C=O) groups excluding carboxylic acids is 1. The van der Waals surface area contributed by atoms with Gasteiger partial charge in [0.2, 0.25) is 0 Å². The second-order valence-electron chi connectivity index (χ2n) is 7.46. The van der Waals surface area contributed by atoms with Crippen molar-refractivity contribution in [2.45, 2.75) is 77.9 Å². The van der Waals surface area contributed by atoms with Gasteiger partial charge in [-0.1, -0.05) is 0 Å². The highest BCUT2D eigenvalue weighted by Gasteiger charge is 2.55. The third-order valence-corrected chi connectivity index (χ3v) is 7.26. The maximum Gasteiger partial charge on any atom is 0.412 e. The predicted molar refractivity (Wildman–Crippen MR) is 99.0 cm³/mol. The van der Waals surface area contributed by atoms with Crippen molar-refractivity contribution in [2.24, 2.45) is 0 Å². The van der Waals surface area contributed by atoms with Crippen LogP contribution in [0.15, 0.2) is 0 Å². The lowest BCUT2D eigenvalue weighted by molar-refractivity contribution is -0.0655. The van der Waals surface area contributed by atoms with Gasteiger partial charge in [-0.25, -0.2) is 4.79 Å². The Balaban J connectivity index is 3.08. The number of hydrogen-bond donors (Lipinski definition) is 0. The van der Waals surface area contributed by atoms with Crippen molar-refractivity contribution in [2.75, 3.05) is 19.8 Å². The minimum Gasteiger partial charge on any atom is -0.444 e. The number of nitrogens with zero attached hydrogens (tertiary/aromatic N) is 1. The summed E-state index contributed by atoms with van der Waals surface area (Å²) in [5.74, 6) is 0. The molecule has 10 heteroatoms. The van der Waals surface area contributed by atoms with Crippen LogP contribution in [0.3, 0.4) is 0 Å². The second-order valence-corrected chi connectivity index (χ2v) is 11.1. The largest absolute Gasteiger partial charge is 0.444 e. The van der Waals surface area contributed by atoms with Crippen LogP contribution in [0.2, 0.25) is 0 Å². The fourth-order valence-electron chi connectivity index (χ4n) is 2.68. The highest BCUT2D eigenvalue weighted by molar-refractivity contribution is 8.10. The van der Waals surface area contributed by atoms with Crippen LogP contribution in [-0.4, -0.2) is 53.8 Å². The van der Waals surface area contributed by atoms with Gasteiger partial charge in [-0.2, -0.15) is 8.78 Å². The van der Waals surface area contributed by atoms with Gasteiger partial charge in [0, 0.05) is 6.42 Å². The van der Waals surface area contributed by atoms with E-state index in [-0.39, 0.29) is 19.8 Å². The van der Waals surface area contributed by atoms with Crippen molar-refractivity contribution in [1.29, 1.82) is 0 Å². The molecular weight excluding hydrogens is 387 g/mol. The van der Waals surface area contributed by atoms with Crippen LogP contribution in [0.4, 0.5) is 13.6 Å². The van der Waals surface area contributed by atoms with Gasteiger partial charge in [0.1, 0.15) is 11.3 Å². The molecule has 1 saturated heterocycles. The second kappa shape index (κ2) is 8.35. The van der Waals surface area contributed by atoms with E-state index >= 15 is 0 Å². The number of amides is 1. The molecule has 6 nitrogen and oxygen atoms in total. The molecule has 26 heavy (non-hydrogen) atoms. The van der Waals surface area contributed by atoms with E-state index in [1.165, 1.54) is 4.90 Å². The fraction of sp³-hybridized carbons (Fsp3) is 0.938. The highest BCUT2D eigenvalue weighted by Crippen LogP contribution is 2.64. The average molecular weight is 417 g/mol. The molecule has 0 spiro atoms. The Morgan fingerprint density at radius 2 is 1.77 bits per heavy atom. The van der Waals surface area contributed by atoms with Gasteiger partial charge in [0.25, 0.3) is 6.49 Å². The minimum atomic E-state index is -3.85. The summed E-state index contributed by atoms with van der Waals surface area (Å²) in [6, 6.07) is -0.905. The quantitative estimate of drug-likeness (QED) is 0.559. The van der Waals surface area contributed by atoms with Crippen molar-refractivity contribution in [3.8, 4) is 0 Å². The number of carbonyl (C=O) groups is 1. The molecule has 0 aromatic heterocycles. The van der Waals surface area contributed by atoms with Gasteiger partial charge in [-0.15, -0.1) is 0 Å². The molecule has 1 aliphatic rings. The first-order valence-corrected chi connectivity index (χ1v) is 11.3. The van der Waals surface area contributed by atoms with Crippen LogP contribution in [0, 0.1) is 0 Å². The summed E-state index contributed by atoms with van der Waals surface area (Å²) >= 11 is 5.06. The van der Waals surface area contributed by atoms with E-state index in [9.17, 15) is 13.6 Å². The first-order valence-electron chi connectivity index (χ1n) is 8.62. The lowest BCUT2D eigenvalue weighted by Gasteiger charge is -2.37. The van der Waals surface area contributed by atoms with Gasteiger partial charge < -0.3 is 18.5 Å². The van der Waals surface area contributed by atoms with E-state index in [1.54, 1.807) is 48.5 Å². The summed E-state index contributed by atoms with van der Waals surface area (Å²) in [6.07, 6.45) is -1.42. The maximum atomic E-state index is 15.0. The number of hydrogen-bond acceptors (Lipinski definition) is 6. The van der Waals surface area contributed by atoms with Crippen molar-refractivity contribution in [1.82, 2.24) is 4.90 Å². The van der Waals surface area contributed by atoms with Gasteiger partial charge >= 0.3 is 11.8 Å². The van der Waals surface area contributed by atoms with Crippen molar-refractivity contribution in [3.05, 3.63) is 0 Å². The number of ether oxygens (including phenoxy) is 2. The van der Waals surface area contributed by atoms with Gasteiger partial charge in [0.15, 0.2) is 0 Å². The summed E-state index contributed by atoms with van der Waals surface area (Å²) in [6.45, 7) is 7.73. The predicted octanol–water partition coefficient (Wildman–Crippen LogP) is 4.72. The molecule has 1 rings (SSSR count). The summed E-state index contributed by atoms with van der Waals surface area (Å²) in [5.41, 5.74) is -5.24. The third kappa shape index (κ3) is 5.58. The Morgan fingerprint density at radius 1 is 1.27 bits per heavy atom. The molecule has 0 saturated carbocycles. The Morgan fingerprint density at radius 3 is 2.19 bits per heavy atom. The molecule has 0 N–H and O–H groups in total. The lowest BCUT2D eigenvalue weighted by atomic mass is 10.1. The fourth-order valence-corrected chi connectivity index (χ4v) is 5.10. The molecule has 0 aliphatic carbocycles. The van der Waals surface area contributed by atoms with E-state index in [0.717, 1.165) is 0 Å². The summed E-state index contributed by atoms with van der Waals surface area (Å²) in [5, 5.41) is 0. The zero-order chi connectivity index (χ0) is 20.4. The van der Waals surface area contributed by atoms with Crippen molar-refractivity contribution < 1.29 is 32.1 Å². The maximum absolute atomic E-state index is 15.0. The van der Waals surface area contributed by atoms with Crippen LogP contribution in [0.25, 0.3) is 0 Å². The zero-order valence-corrected chi connectivity index (χ0v) is 18.2. The molecule has 1 heterocycles. The molecule has 1 aliphatic heterocycles. The Hall–Kier alpha value is -0.340. The summed E-state index contributed by atoms with van der Waals surface area (Å²) in [4.78, 5) is 13.8. The molecular formula is C16H30F2NO5PS. The van der Waals surface area contributed by atoms with Crippen molar-refractivity contribution >= 4 is 24.4 Å². The molecule has 0 radical (unpaired) electrons. The standard InChI is InChI=1S/C16H30F2NO5PS/c1-8-22-25(26,23-9-2)16(17,18)10-12-11-21-15(6,7)19(12)13(20)24-14(3,4)5/h12H,8-11H2,1-7H3/t12-/m1/s1. The molecule has 1 atom stereocenters. The topological polar surface area (TPSA) is 57.2 Å². The number of rotatable bonds is 7.